The number of aromatic nitrogens is 2. The van der Waals surface area contributed by atoms with Gasteiger partial charge >= 0.3 is 0 Å². The predicted octanol–water partition coefficient (Wildman–Crippen LogP) is -0.0972. The normalized spacial score (nSPS) is 25.5. The van der Waals surface area contributed by atoms with Crippen LogP contribution in [0, 0.1) is 0 Å². The number of piperidine rings is 1. The first-order valence-electron chi connectivity index (χ1n) is 8.12. The summed E-state index contributed by atoms with van der Waals surface area (Å²) in [7, 11) is -1.02. The third-order valence-corrected chi connectivity index (χ3v) is 6.52. The van der Waals surface area contributed by atoms with Crippen LogP contribution in [0.5, 0.6) is 0 Å². The molecule has 3 rings (SSSR count). The molecular weight excluding hydrogens is 316 g/mol. The molecule has 7 nitrogen and oxygen atoms in total. The van der Waals surface area contributed by atoms with Crippen LogP contribution in [0.15, 0.2) is 12.4 Å². The standard InChI is InChI=1S/C15H24N4O3S/c1-18-9-13(8-16-18)12-2-5-19(6-3-12)10-15(20)17-14-4-7-23(21,22)11-14/h8-9,12,14H,2-7,10-11H2,1H3,(H,17,20). The number of aryl methyl sites for hydroxylation is 1. The lowest BCUT2D eigenvalue weighted by atomic mass is 9.91. The number of hydrogen-bond donors (Lipinski definition) is 1. The Morgan fingerprint density at radius 1 is 1.35 bits per heavy atom. The van der Waals surface area contributed by atoms with Gasteiger partial charge in [0.2, 0.25) is 5.91 Å². The van der Waals surface area contributed by atoms with Gasteiger partial charge in [0.1, 0.15) is 0 Å². The molecular formula is C15H24N4O3S. The number of hydrogen-bond acceptors (Lipinski definition) is 5. The second-order valence-corrected chi connectivity index (χ2v) is 8.89. The highest BCUT2D eigenvalue weighted by Gasteiger charge is 2.29. The molecule has 1 aromatic rings. The molecule has 23 heavy (non-hydrogen) atoms. The van der Waals surface area contributed by atoms with Gasteiger partial charge in [0.15, 0.2) is 9.84 Å². The number of carbonyl (C=O) groups excluding carboxylic acids is 1. The molecule has 1 amide bonds. The first-order chi connectivity index (χ1) is 10.9. The molecule has 2 saturated heterocycles. The van der Waals surface area contributed by atoms with Gasteiger partial charge in [-0.3, -0.25) is 14.4 Å². The Labute approximate surface area is 137 Å². The van der Waals surface area contributed by atoms with Crippen molar-refractivity contribution in [2.75, 3.05) is 31.1 Å². The Balaban J connectivity index is 1.43. The smallest absolute Gasteiger partial charge is 0.234 e. The van der Waals surface area contributed by atoms with Crippen molar-refractivity contribution in [2.24, 2.45) is 7.05 Å². The molecule has 0 radical (unpaired) electrons. The van der Waals surface area contributed by atoms with E-state index in [1.165, 1.54) is 5.56 Å². The van der Waals surface area contributed by atoms with Crippen LogP contribution >= 0.6 is 0 Å². The van der Waals surface area contributed by atoms with Crippen LogP contribution in [0.4, 0.5) is 0 Å². The van der Waals surface area contributed by atoms with E-state index in [9.17, 15) is 13.2 Å². The maximum atomic E-state index is 12.1. The summed E-state index contributed by atoms with van der Waals surface area (Å²) in [4.78, 5) is 14.2. The fourth-order valence-corrected chi connectivity index (χ4v) is 5.13. The molecule has 1 N–H and O–H groups in total. The number of nitrogens with one attached hydrogen (secondary N) is 1. The molecule has 3 heterocycles. The molecule has 0 aromatic carbocycles. The van der Waals surface area contributed by atoms with Crippen molar-refractivity contribution in [1.29, 1.82) is 0 Å². The summed E-state index contributed by atoms with van der Waals surface area (Å²) in [5.74, 6) is 0.728. The molecule has 0 saturated carbocycles. The minimum Gasteiger partial charge on any atom is -0.351 e. The topological polar surface area (TPSA) is 84.3 Å². The highest BCUT2D eigenvalue weighted by Crippen LogP contribution is 2.27. The number of sulfone groups is 1. The van der Waals surface area contributed by atoms with Crippen molar-refractivity contribution in [1.82, 2.24) is 20.0 Å². The highest BCUT2D eigenvalue weighted by molar-refractivity contribution is 7.91. The minimum absolute atomic E-state index is 0.0630. The number of amides is 1. The van der Waals surface area contributed by atoms with Crippen molar-refractivity contribution in [3.05, 3.63) is 18.0 Å². The third-order valence-electron chi connectivity index (χ3n) is 4.75. The lowest BCUT2D eigenvalue weighted by Crippen LogP contribution is -2.44. The van der Waals surface area contributed by atoms with Gasteiger partial charge in [0, 0.05) is 19.3 Å². The molecule has 2 aliphatic heterocycles. The molecule has 1 aromatic heterocycles. The number of rotatable bonds is 4. The molecule has 0 aliphatic carbocycles. The van der Waals surface area contributed by atoms with Crippen molar-refractivity contribution >= 4 is 15.7 Å². The van der Waals surface area contributed by atoms with Crippen LogP contribution in [-0.2, 0) is 21.7 Å². The Morgan fingerprint density at radius 3 is 2.65 bits per heavy atom. The molecule has 1 unspecified atom stereocenters. The van der Waals surface area contributed by atoms with Gasteiger partial charge < -0.3 is 5.32 Å². The van der Waals surface area contributed by atoms with E-state index in [0.29, 0.717) is 18.9 Å². The van der Waals surface area contributed by atoms with Gasteiger partial charge in [0.25, 0.3) is 0 Å². The second kappa shape index (κ2) is 6.60. The zero-order valence-corrected chi connectivity index (χ0v) is 14.3. The Morgan fingerprint density at radius 2 is 2.09 bits per heavy atom. The van der Waals surface area contributed by atoms with E-state index in [-0.39, 0.29) is 23.5 Å². The van der Waals surface area contributed by atoms with Gasteiger partial charge in [-0.05, 0) is 43.8 Å². The maximum absolute atomic E-state index is 12.1. The maximum Gasteiger partial charge on any atom is 0.234 e. The summed E-state index contributed by atoms with van der Waals surface area (Å²) in [6.45, 7) is 2.13. The van der Waals surface area contributed by atoms with Crippen molar-refractivity contribution in [3.63, 3.8) is 0 Å². The van der Waals surface area contributed by atoms with Crippen LogP contribution in [0.25, 0.3) is 0 Å². The molecule has 0 spiro atoms. The summed E-state index contributed by atoms with van der Waals surface area (Å²) in [5, 5.41) is 7.07. The van der Waals surface area contributed by atoms with Gasteiger partial charge in [-0.25, -0.2) is 8.42 Å². The van der Waals surface area contributed by atoms with E-state index < -0.39 is 9.84 Å². The van der Waals surface area contributed by atoms with Crippen molar-refractivity contribution in [3.8, 4) is 0 Å². The summed E-state index contributed by atoms with van der Waals surface area (Å²) < 4.78 is 24.7. The first-order valence-corrected chi connectivity index (χ1v) is 9.94. The summed E-state index contributed by atoms with van der Waals surface area (Å²) in [6.07, 6.45) is 6.58. The molecule has 8 heteroatoms. The number of likely N-dealkylation sites (tertiary alicyclic amines) is 1. The van der Waals surface area contributed by atoms with Crippen LogP contribution in [0.3, 0.4) is 0 Å². The average molecular weight is 340 g/mol. The molecule has 0 bridgehead atoms. The summed E-state index contributed by atoms with van der Waals surface area (Å²) in [6, 6.07) is -0.208. The largest absolute Gasteiger partial charge is 0.351 e. The fourth-order valence-electron chi connectivity index (χ4n) is 3.46. The van der Waals surface area contributed by atoms with Crippen molar-refractivity contribution in [2.45, 2.75) is 31.2 Å². The van der Waals surface area contributed by atoms with E-state index in [4.69, 9.17) is 0 Å². The Hall–Kier alpha value is -1.41. The van der Waals surface area contributed by atoms with E-state index in [1.54, 1.807) is 0 Å². The van der Waals surface area contributed by atoms with Gasteiger partial charge in [-0.15, -0.1) is 0 Å². The lowest BCUT2D eigenvalue weighted by molar-refractivity contribution is -0.123. The fraction of sp³-hybridized carbons (Fsp3) is 0.733. The van der Waals surface area contributed by atoms with Crippen LogP contribution < -0.4 is 5.32 Å². The van der Waals surface area contributed by atoms with E-state index in [1.807, 2.05) is 17.9 Å². The van der Waals surface area contributed by atoms with Crippen LogP contribution in [0.1, 0.15) is 30.7 Å². The summed E-state index contributed by atoms with van der Waals surface area (Å²) >= 11 is 0. The highest BCUT2D eigenvalue weighted by atomic mass is 32.2. The van der Waals surface area contributed by atoms with Gasteiger partial charge in [-0.1, -0.05) is 0 Å². The Bertz CT molecular complexity index is 662. The van der Waals surface area contributed by atoms with Crippen molar-refractivity contribution < 1.29 is 13.2 Å². The molecule has 128 valence electrons. The second-order valence-electron chi connectivity index (χ2n) is 6.67. The monoisotopic (exact) mass is 340 g/mol. The van der Waals surface area contributed by atoms with E-state index in [2.05, 4.69) is 21.5 Å². The van der Waals surface area contributed by atoms with Gasteiger partial charge in [-0.2, -0.15) is 5.10 Å². The summed E-state index contributed by atoms with van der Waals surface area (Å²) in [5.41, 5.74) is 1.27. The Kier molecular flexibility index (Phi) is 4.72. The molecule has 2 aliphatic rings. The molecule has 2 fully saturated rings. The third kappa shape index (κ3) is 4.32. The van der Waals surface area contributed by atoms with Crippen LogP contribution in [-0.4, -0.2) is 66.2 Å². The van der Waals surface area contributed by atoms with Crippen LogP contribution in [0.2, 0.25) is 0 Å². The predicted molar refractivity (Wildman–Crippen MR) is 86.8 cm³/mol. The minimum atomic E-state index is -2.95. The first kappa shape index (κ1) is 16.4. The van der Waals surface area contributed by atoms with E-state index in [0.717, 1.165) is 25.9 Å². The zero-order chi connectivity index (χ0) is 16.4. The molecule has 1 atom stereocenters. The number of carbonyl (C=O) groups is 1. The SMILES string of the molecule is Cn1cc(C2CCN(CC(=O)NC3CCS(=O)(=O)C3)CC2)cn1. The average Bonchev–Trinajstić information content (AvgIpc) is 3.05. The van der Waals surface area contributed by atoms with E-state index >= 15 is 0 Å². The van der Waals surface area contributed by atoms with Gasteiger partial charge in [0.05, 0.1) is 24.2 Å². The zero-order valence-electron chi connectivity index (χ0n) is 13.4. The lowest BCUT2D eigenvalue weighted by Gasteiger charge is -2.31. The number of nitrogens with zero attached hydrogens (tertiary/aromatic N) is 3. The quantitative estimate of drug-likeness (QED) is 0.828.